The normalized spacial score (nSPS) is 14.2. The molecule has 10 heavy (non-hydrogen) atoms. The quantitative estimate of drug-likeness (QED) is 0.274. The molecule has 0 fully saturated rings. The molecular weight excluding hydrogens is 174 g/mol. The SMILES string of the molecule is CC[P+](Cl)(N=[N+]=[N-])N=[N+]=[N-]. The van der Waals surface area contributed by atoms with Gasteiger partial charge in [0.05, 0.1) is 15.9 Å². The van der Waals surface area contributed by atoms with Crippen LogP contribution in [0.2, 0.25) is 0 Å². The van der Waals surface area contributed by atoms with Crippen molar-refractivity contribution in [3.05, 3.63) is 20.9 Å². The van der Waals surface area contributed by atoms with Gasteiger partial charge in [-0.15, -0.1) is 0 Å². The third kappa shape index (κ3) is 2.76. The molecule has 54 valence electrons. The van der Waals surface area contributed by atoms with Crippen molar-refractivity contribution in [3.63, 3.8) is 0 Å². The first-order chi connectivity index (χ1) is 4.68. The zero-order chi connectivity index (χ0) is 8.04. The van der Waals surface area contributed by atoms with Crippen LogP contribution in [0, 0.1) is 0 Å². The smallest absolute Gasteiger partial charge is 0.0279 e. The first kappa shape index (κ1) is 9.34. The lowest BCUT2D eigenvalue weighted by atomic mass is 11.0. The van der Waals surface area contributed by atoms with E-state index in [1.807, 2.05) is 0 Å². The van der Waals surface area contributed by atoms with E-state index >= 15 is 0 Å². The van der Waals surface area contributed by atoms with Crippen molar-refractivity contribution < 1.29 is 0 Å². The van der Waals surface area contributed by atoms with Crippen LogP contribution in [0.4, 0.5) is 0 Å². The Balaban J connectivity index is 4.52. The number of nitrogens with zero attached hydrogens (tertiary/aromatic N) is 6. The summed E-state index contributed by atoms with van der Waals surface area (Å²) in [6.45, 7) is -0.863. The molecule has 0 amide bonds. The predicted octanol–water partition coefficient (Wildman–Crippen LogP) is 3.63. The van der Waals surface area contributed by atoms with Gasteiger partial charge in [-0.3, -0.25) is 0 Å². The van der Waals surface area contributed by atoms with Gasteiger partial charge in [0.2, 0.25) is 0 Å². The van der Waals surface area contributed by atoms with Gasteiger partial charge in [-0.25, -0.2) is 0 Å². The van der Waals surface area contributed by atoms with Gasteiger partial charge in [0.15, 0.2) is 0 Å². The molecule has 0 unspecified atom stereocenters. The predicted molar refractivity (Wildman–Crippen MR) is 41.6 cm³/mol. The monoisotopic (exact) mass is 179 g/mol. The van der Waals surface area contributed by atoms with E-state index in [1.165, 1.54) is 0 Å². The minimum Gasteiger partial charge on any atom is -0.0279 e. The minimum absolute atomic E-state index is 0.378. The van der Waals surface area contributed by atoms with Crippen molar-refractivity contribution in [1.29, 1.82) is 0 Å². The van der Waals surface area contributed by atoms with Gasteiger partial charge in [0.1, 0.15) is 11.2 Å². The molecule has 0 saturated carbocycles. The van der Waals surface area contributed by atoms with E-state index in [2.05, 4.69) is 19.6 Å². The summed E-state index contributed by atoms with van der Waals surface area (Å²) in [6, 6.07) is 0. The van der Waals surface area contributed by atoms with Crippen molar-refractivity contribution in [2.75, 3.05) is 6.16 Å². The molecule has 0 heterocycles. The van der Waals surface area contributed by atoms with E-state index in [4.69, 9.17) is 22.3 Å². The second-order valence-electron chi connectivity index (χ2n) is 1.32. The molecule has 0 atom stereocenters. The highest BCUT2D eigenvalue weighted by atomic mass is 35.7. The maximum absolute atomic E-state index is 7.98. The summed E-state index contributed by atoms with van der Waals surface area (Å²) >= 11 is 5.59. The molecule has 0 aromatic carbocycles. The van der Waals surface area contributed by atoms with Crippen molar-refractivity contribution >= 4 is 18.2 Å². The molecule has 0 N–H and O–H groups in total. The Morgan fingerprint density at radius 3 is 2.00 bits per heavy atom. The van der Waals surface area contributed by atoms with Gasteiger partial charge in [-0.2, -0.15) is 0 Å². The van der Waals surface area contributed by atoms with Crippen molar-refractivity contribution in [3.8, 4) is 0 Å². The molecule has 0 saturated heterocycles. The van der Waals surface area contributed by atoms with Gasteiger partial charge in [0, 0.05) is 9.82 Å². The Morgan fingerprint density at radius 1 is 1.40 bits per heavy atom. The van der Waals surface area contributed by atoms with E-state index in [1.54, 1.807) is 6.92 Å². The fraction of sp³-hybridized carbons (Fsp3) is 1.00. The number of azide groups is 1. The Kier molecular flexibility index (Phi) is 3.93. The number of hydrogen-bond acceptors (Lipinski definition) is 2. The third-order valence-corrected chi connectivity index (χ3v) is 3.39. The molecule has 0 aromatic rings. The summed E-state index contributed by atoms with van der Waals surface area (Å²) in [5, 5.41) is 0. The summed E-state index contributed by atoms with van der Waals surface area (Å²) in [4.78, 5) is 11.4. The maximum Gasteiger partial charge on any atom is 0.333 e. The molecule has 0 aliphatic rings. The van der Waals surface area contributed by atoms with Crippen molar-refractivity contribution in [1.82, 2.24) is 0 Å². The average Bonchev–Trinajstić information content (AvgIpc) is 1.89. The highest BCUT2D eigenvalue weighted by molar-refractivity contribution is 7.96. The molecule has 6 nitrogen and oxygen atoms in total. The Hall–Kier alpha value is -0.660. The zero-order valence-electron chi connectivity index (χ0n) is 5.22. The van der Waals surface area contributed by atoms with E-state index in [0.717, 1.165) is 0 Å². The maximum atomic E-state index is 7.98. The molecule has 0 radical (unpaired) electrons. The summed E-state index contributed by atoms with van der Waals surface area (Å²) in [5.74, 6) is 0. The Labute approximate surface area is 62.7 Å². The zero-order valence-corrected chi connectivity index (χ0v) is 6.87. The van der Waals surface area contributed by atoms with Gasteiger partial charge >= 0.3 is 6.92 Å². The second-order valence-corrected chi connectivity index (χ2v) is 5.22. The van der Waals surface area contributed by atoms with Crippen LogP contribution in [-0.2, 0) is 0 Å². The minimum atomic E-state index is -2.56. The van der Waals surface area contributed by atoms with Crippen LogP contribution in [0.1, 0.15) is 6.92 Å². The van der Waals surface area contributed by atoms with Gasteiger partial charge < -0.3 is 0 Å². The van der Waals surface area contributed by atoms with E-state index in [9.17, 15) is 0 Å². The third-order valence-electron chi connectivity index (χ3n) is 0.756. The Morgan fingerprint density at radius 2 is 1.80 bits per heavy atom. The molecule has 8 heteroatoms. The largest absolute Gasteiger partial charge is 0.333 e. The van der Waals surface area contributed by atoms with Gasteiger partial charge in [-0.05, 0) is 18.0 Å². The van der Waals surface area contributed by atoms with Crippen LogP contribution in [-0.4, -0.2) is 6.16 Å². The number of halogens is 1. The molecule has 0 spiro atoms. The first-order valence-electron chi connectivity index (χ1n) is 2.39. The van der Waals surface area contributed by atoms with Crippen LogP contribution in [0.15, 0.2) is 9.77 Å². The van der Waals surface area contributed by atoms with Crippen LogP contribution >= 0.6 is 18.2 Å². The van der Waals surface area contributed by atoms with Crippen molar-refractivity contribution in [2.24, 2.45) is 9.77 Å². The lowest BCUT2D eigenvalue weighted by molar-refractivity contribution is 1.42. The number of rotatable bonds is 3. The van der Waals surface area contributed by atoms with Crippen LogP contribution < -0.4 is 0 Å². The Bertz CT molecular complexity index is 184. The molecular formula is C2H5ClN6P+. The van der Waals surface area contributed by atoms with Crippen LogP contribution in [0.3, 0.4) is 0 Å². The summed E-state index contributed by atoms with van der Waals surface area (Å²) < 4.78 is 0. The molecule has 0 aliphatic heterocycles. The van der Waals surface area contributed by atoms with Gasteiger partial charge in [-0.1, -0.05) is 0 Å². The summed E-state index contributed by atoms with van der Waals surface area (Å²) in [5.41, 5.74) is 16.0. The second kappa shape index (κ2) is 4.20. The lowest BCUT2D eigenvalue weighted by Gasteiger charge is -1.95. The molecule has 0 aromatic heterocycles. The molecule has 0 rings (SSSR count). The standard InChI is InChI=1S/C2H5ClN6P/c1-2-10(3,8-6-4)9-7-5/h2H2,1H3/q+1. The first-order valence-corrected chi connectivity index (χ1v) is 5.18. The van der Waals surface area contributed by atoms with E-state index in [0.29, 0.717) is 6.16 Å². The summed E-state index contributed by atoms with van der Waals surface area (Å²) in [6.07, 6.45) is 0.378. The van der Waals surface area contributed by atoms with Gasteiger partial charge in [0.25, 0.3) is 0 Å². The fourth-order valence-corrected chi connectivity index (χ4v) is 0.982. The van der Waals surface area contributed by atoms with E-state index in [-0.39, 0.29) is 0 Å². The lowest BCUT2D eigenvalue weighted by Crippen LogP contribution is -1.75. The van der Waals surface area contributed by atoms with Crippen molar-refractivity contribution in [2.45, 2.75) is 6.92 Å². The fourth-order valence-electron chi connectivity index (χ4n) is 0.267. The highest BCUT2D eigenvalue weighted by Gasteiger charge is 2.34. The van der Waals surface area contributed by atoms with Crippen LogP contribution in [0.25, 0.3) is 20.9 Å². The summed E-state index contributed by atoms with van der Waals surface area (Å²) in [7, 11) is 0. The van der Waals surface area contributed by atoms with Crippen LogP contribution in [0.5, 0.6) is 0 Å². The molecule has 0 aliphatic carbocycles. The molecule has 0 bridgehead atoms. The number of hydrogen-bond donors (Lipinski definition) is 0. The topological polar surface area (TPSA) is 97.5 Å². The average molecular weight is 180 g/mol. The highest BCUT2D eigenvalue weighted by Crippen LogP contribution is 2.67. The van der Waals surface area contributed by atoms with E-state index < -0.39 is 6.92 Å².